The van der Waals surface area contributed by atoms with Crippen molar-refractivity contribution in [3.8, 4) is 0 Å². The van der Waals surface area contributed by atoms with Gasteiger partial charge in [0.15, 0.2) is 6.79 Å². The first kappa shape index (κ1) is 20.3. The maximum atomic E-state index is 10.6. The van der Waals surface area contributed by atoms with Crippen LogP contribution in [0.25, 0.3) is 0 Å². The summed E-state index contributed by atoms with van der Waals surface area (Å²) < 4.78 is 39.4. The molecule has 0 radical (unpaired) electrons. The van der Waals surface area contributed by atoms with Gasteiger partial charge in [0.25, 0.3) is 0 Å². The molecule has 7 heteroatoms. The third kappa shape index (κ3) is 19.5. The topological polar surface area (TPSA) is 71.1 Å². The molecule has 0 aliphatic heterocycles. The van der Waals surface area contributed by atoms with Crippen molar-refractivity contribution < 1.29 is 26.3 Å². The molecule has 0 N–H and O–H groups in total. The quantitative estimate of drug-likeness (QED) is 0.329. The molecule has 0 aromatic carbocycles. The first-order valence-electron chi connectivity index (χ1n) is 5.56. The highest BCUT2D eigenvalue weighted by Crippen LogP contribution is 1.95. The van der Waals surface area contributed by atoms with Crippen LogP contribution < -0.4 is 0 Å². The summed E-state index contributed by atoms with van der Waals surface area (Å²) >= 11 is 0. The van der Waals surface area contributed by atoms with Gasteiger partial charge in [-0.3, -0.25) is 0 Å². The van der Waals surface area contributed by atoms with Gasteiger partial charge in [0.05, 0.1) is 26.4 Å². The van der Waals surface area contributed by atoms with Crippen molar-refractivity contribution in [2.75, 3.05) is 33.2 Å². The second kappa shape index (κ2) is 15.1. The van der Waals surface area contributed by atoms with Crippen LogP contribution in [-0.2, 0) is 28.2 Å². The normalized spacial score (nSPS) is 10.2. The highest BCUT2D eigenvalue weighted by Gasteiger charge is 2.09. The van der Waals surface area contributed by atoms with E-state index in [9.17, 15) is 8.42 Å². The molecule has 0 spiro atoms. The van der Waals surface area contributed by atoms with Gasteiger partial charge in [-0.1, -0.05) is 18.2 Å². The predicted molar refractivity (Wildman–Crippen MR) is 73.9 cm³/mol. The van der Waals surface area contributed by atoms with E-state index in [2.05, 4.69) is 32.8 Å². The smallest absolute Gasteiger partial charge is 0.373 e. The van der Waals surface area contributed by atoms with E-state index in [1.807, 2.05) is 0 Å². The Morgan fingerprint density at radius 3 is 1.79 bits per heavy atom. The van der Waals surface area contributed by atoms with Crippen molar-refractivity contribution in [2.24, 2.45) is 0 Å². The van der Waals surface area contributed by atoms with Crippen LogP contribution in [0.15, 0.2) is 38.0 Å². The molecule has 0 rings (SSSR count). The van der Waals surface area contributed by atoms with Crippen LogP contribution in [-0.4, -0.2) is 41.6 Å². The van der Waals surface area contributed by atoms with E-state index < -0.39 is 10.4 Å². The lowest BCUT2D eigenvalue weighted by Gasteiger charge is -2.03. The fraction of sp³-hybridized carbons (Fsp3) is 0.500. The summed E-state index contributed by atoms with van der Waals surface area (Å²) in [5, 5.41) is 0. The van der Waals surface area contributed by atoms with Gasteiger partial charge in [0.2, 0.25) is 0 Å². The lowest BCUT2D eigenvalue weighted by atomic mass is 10.6. The van der Waals surface area contributed by atoms with E-state index in [1.165, 1.54) is 6.08 Å². The number of hydrogen-bond acceptors (Lipinski definition) is 6. The van der Waals surface area contributed by atoms with E-state index in [1.54, 1.807) is 19.1 Å². The third-order valence-electron chi connectivity index (χ3n) is 1.25. The Bertz CT molecular complexity index is 315. The molecule has 0 bridgehead atoms. The fourth-order valence-corrected chi connectivity index (χ4v) is 1.18. The molecule has 0 aromatic rings. The Balaban J connectivity index is 0. The zero-order valence-electron chi connectivity index (χ0n) is 11.2. The summed E-state index contributed by atoms with van der Waals surface area (Å²) in [5.41, 5.74) is 0. The SMILES string of the molecule is C=CCOCC=C.C=CCOCOS(=O)(=O)OCC. The van der Waals surface area contributed by atoms with Crippen LogP contribution in [0.1, 0.15) is 6.92 Å². The van der Waals surface area contributed by atoms with E-state index in [0.29, 0.717) is 13.2 Å². The van der Waals surface area contributed by atoms with Gasteiger partial charge >= 0.3 is 10.4 Å². The summed E-state index contributed by atoms with van der Waals surface area (Å²) in [7, 11) is -3.87. The average molecular weight is 294 g/mol. The van der Waals surface area contributed by atoms with Gasteiger partial charge in [-0.2, -0.15) is 8.42 Å². The van der Waals surface area contributed by atoms with Crippen molar-refractivity contribution in [2.45, 2.75) is 6.92 Å². The highest BCUT2D eigenvalue weighted by molar-refractivity contribution is 7.81. The minimum absolute atomic E-state index is 0.0454. The molecule has 6 nitrogen and oxygen atoms in total. The minimum atomic E-state index is -3.87. The van der Waals surface area contributed by atoms with Crippen LogP contribution in [0, 0.1) is 0 Å². The third-order valence-corrected chi connectivity index (χ3v) is 2.15. The Labute approximate surface area is 115 Å². The van der Waals surface area contributed by atoms with Crippen molar-refractivity contribution in [1.29, 1.82) is 0 Å². The maximum absolute atomic E-state index is 10.6. The number of ether oxygens (including phenoxy) is 2. The standard InChI is InChI=1S/C6H12O5S.C6H10O/c1-3-5-9-6-11-12(7,8)10-4-2;1-3-5-7-6-4-2/h3H,1,4-6H2,2H3;3-4H,1-2,5-6H2. The summed E-state index contributed by atoms with van der Waals surface area (Å²) in [5.74, 6) is 0. The molecule has 0 heterocycles. The summed E-state index contributed by atoms with van der Waals surface area (Å²) in [4.78, 5) is 0. The Kier molecular flexibility index (Phi) is 16.1. The van der Waals surface area contributed by atoms with Crippen molar-refractivity contribution in [1.82, 2.24) is 0 Å². The Morgan fingerprint density at radius 2 is 1.37 bits per heavy atom. The zero-order chi connectivity index (χ0) is 15.0. The molecular weight excluding hydrogens is 272 g/mol. The highest BCUT2D eigenvalue weighted by atomic mass is 32.3. The van der Waals surface area contributed by atoms with Crippen molar-refractivity contribution in [3.05, 3.63) is 38.0 Å². The van der Waals surface area contributed by atoms with Gasteiger partial charge in [0, 0.05) is 0 Å². The van der Waals surface area contributed by atoms with E-state index in [-0.39, 0.29) is 20.0 Å². The van der Waals surface area contributed by atoms with Crippen LogP contribution >= 0.6 is 0 Å². The molecule has 19 heavy (non-hydrogen) atoms. The largest absolute Gasteiger partial charge is 0.402 e. The van der Waals surface area contributed by atoms with Crippen molar-refractivity contribution >= 4 is 10.4 Å². The summed E-state index contributed by atoms with van der Waals surface area (Å²) in [6.07, 6.45) is 4.91. The van der Waals surface area contributed by atoms with E-state index >= 15 is 0 Å². The van der Waals surface area contributed by atoms with Gasteiger partial charge < -0.3 is 9.47 Å². The maximum Gasteiger partial charge on any atom is 0.402 e. The molecule has 0 unspecified atom stereocenters. The fourth-order valence-electron chi connectivity index (χ4n) is 0.637. The second-order valence-electron chi connectivity index (χ2n) is 2.82. The molecular formula is C12H22O6S. The molecule has 0 aliphatic carbocycles. The Hall–Kier alpha value is -0.990. The molecule has 0 aliphatic rings. The van der Waals surface area contributed by atoms with Gasteiger partial charge in [-0.15, -0.1) is 19.7 Å². The molecule has 0 aromatic heterocycles. The Morgan fingerprint density at radius 1 is 0.895 bits per heavy atom. The zero-order valence-corrected chi connectivity index (χ0v) is 12.1. The van der Waals surface area contributed by atoms with Gasteiger partial charge in [-0.25, -0.2) is 8.37 Å². The van der Waals surface area contributed by atoms with Crippen LogP contribution in [0.5, 0.6) is 0 Å². The average Bonchev–Trinajstić information content (AvgIpc) is 2.36. The molecule has 0 atom stereocenters. The molecule has 112 valence electrons. The van der Waals surface area contributed by atoms with Crippen LogP contribution in [0.4, 0.5) is 0 Å². The number of rotatable bonds is 11. The first-order valence-corrected chi connectivity index (χ1v) is 6.89. The summed E-state index contributed by atoms with van der Waals surface area (Å²) in [6, 6.07) is 0. The lowest BCUT2D eigenvalue weighted by Crippen LogP contribution is -2.12. The monoisotopic (exact) mass is 294 g/mol. The van der Waals surface area contributed by atoms with Crippen molar-refractivity contribution in [3.63, 3.8) is 0 Å². The van der Waals surface area contributed by atoms with Crippen LogP contribution in [0.2, 0.25) is 0 Å². The lowest BCUT2D eigenvalue weighted by molar-refractivity contribution is 0.0238. The first-order chi connectivity index (χ1) is 9.04. The van der Waals surface area contributed by atoms with E-state index in [0.717, 1.165) is 0 Å². The molecule has 0 saturated heterocycles. The second-order valence-corrected chi connectivity index (χ2v) is 4.11. The van der Waals surface area contributed by atoms with E-state index in [4.69, 9.17) is 4.74 Å². The number of hydrogen-bond donors (Lipinski definition) is 0. The predicted octanol–water partition coefficient (Wildman–Crippen LogP) is 1.82. The minimum Gasteiger partial charge on any atom is -0.373 e. The van der Waals surface area contributed by atoms with Crippen LogP contribution in [0.3, 0.4) is 0 Å². The van der Waals surface area contributed by atoms with Gasteiger partial charge in [0.1, 0.15) is 0 Å². The molecule has 0 amide bonds. The van der Waals surface area contributed by atoms with Gasteiger partial charge in [-0.05, 0) is 6.92 Å². The summed E-state index contributed by atoms with van der Waals surface area (Å²) in [6.45, 7) is 13.0. The molecule has 0 fully saturated rings. The molecule has 0 saturated carbocycles.